The minimum Gasteiger partial charge on any atom is -0.757 e. The fraction of sp³-hybridized carbons (Fsp3) is 0.429. The first-order valence-corrected chi connectivity index (χ1v) is 6.31. The molecular formula is C14H19N2O2-. The molecule has 1 aliphatic rings. The summed E-state index contributed by atoms with van der Waals surface area (Å²) in [6.45, 7) is 5.59. The molecule has 4 heteroatoms. The van der Waals surface area contributed by atoms with Crippen LogP contribution in [0, 0.1) is 5.21 Å². The Bertz CT molecular complexity index is 452. The monoisotopic (exact) mass is 247 g/mol. The number of hydroxylamine groups is 4. The van der Waals surface area contributed by atoms with E-state index >= 15 is 0 Å². The molecule has 0 aliphatic carbocycles. The minimum absolute atomic E-state index is 0.562. The summed E-state index contributed by atoms with van der Waals surface area (Å²) >= 11 is 0. The average molecular weight is 247 g/mol. The molecule has 0 bridgehead atoms. The molecule has 0 amide bonds. The second-order valence-electron chi connectivity index (χ2n) is 4.60. The summed E-state index contributed by atoms with van der Waals surface area (Å²) in [5, 5.41) is 24.9. The molecule has 98 valence electrons. The van der Waals surface area contributed by atoms with Crippen molar-refractivity contribution in [2.24, 2.45) is 0 Å². The molecule has 0 saturated carbocycles. The van der Waals surface area contributed by atoms with Gasteiger partial charge in [0.2, 0.25) is 0 Å². The van der Waals surface area contributed by atoms with Crippen LogP contribution in [0.15, 0.2) is 36.0 Å². The Hall–Kier alpha value is -1.52. The third-order valence-electron chi connectivity index (χ3n) is 3.81. The molecule has 18 heavy (non-hydrogen) atoms. The SMILES string of the molecule is CCC1(CC)N([O-])C(C)=C(c2ccccc2)N1O. The molecule has 1 aromatic carbocycles. The van der Waals surface area contributed by atoms with E-state index in [0.29, 0.717) is 24.2 Å². The van der Waals surface area contributed by atoms with E-state index in [1.165, 1.54) is 0 Å². The molecule has 0 unspecified atom stereocenters. The van der Waals surface area contributed by atoms with Crippen LogP contribution in [0.3, 0.4) is 0 Å². The maximum absolute atomic E-state index is 12.3. The van der Waals surface area contributed by atoms with E-state index in [1.807, 2.05) is 44.2 Å². The van der Waals surface area contributed by atoms with Crippen molar-refractivity contribution in [3.05, 3.63) is 46.8 Å². The van der Waals surface area contributed by atoms with Crippen LogP contribution in [0.5, 0.6) is 0 Å². The van der Waals surface area contributed by atoms with Gasteiger partial charge in [-0.05, 0) is 19.8 Å². The van der Waals surface area contributed by atoms with Gasteiger partial charge in [-0.2, -0.15) is 0 Å². The largest absolute Gasteiger partial charge is 0.757 e. The van der Waals surface area contributed by atoms with Crippen molar-refractivity contribution in [1.82, 2.24) is 10.1 Å². The Labute approximate surface area is 108 Å². The van der Waals surface area contributed by atoms with Gasteiger partial charge in [0.25, 0.3) is 0 Å². The van der Waals surface area contributed by atoms with Gasteiger partial charge in [-0.1, -0.05) is 44.2 Å². The van der Waals surface area contributed by atoms with Gasteiger partial charge in [0.05, 0.1) is 5.70 Å². The van der Waals surface area contributed by atoms with Gasteiger partial charge in [0.15, 0.2) is 0 Å². The van der Waals surface area contributed by atoms with E-state index in [-0.39, 0.29) is 0 Å². The normalized spacial score (nSPS) is 18.7. The predicted molar refractivity (Wildman–Crippen MR) is 71.2 cm³/mol. The van der Waals surface area contributed by atoms with Crippen LogP contribution in [0.2, 0.25) is 0 Å². The Balaban J connectivity index is 2.50. The van der Waals surface area contributed by atoms with Crippen molar-refractivity contribution in [3.63, 3.8) is 0 Å². The highest BCUT2D eigenvalue weighted by Gasteiger charge is 2.43. The van der Waals surface area contributed by atoms with Gasteiger partial charge >= 0.3 is 0 Å². The standard InChI is InChI=1S/C14H19N2O2/c1-4-14(5-2)15(17)11(3)13(16(14)18)12-9-7-6-8-10-12/h6-10,18H,4-5H2,1-3H3/q-1. The summed E-state index contributed by atoms with van der Waals surface area (Å²) in [7, 11) is 0. The zero-order valence-corrected chi connectivity index (χ0v) is 11.1. The van der Waals surface area contributed by atoms with Crippen LogP contribution >= 0.6 is 0 Å². The molecule has 0 fully saturated rings. The van der Waals surface area contributed by atoms with E-state index in [9.17, 15) is 10.4 Å². The highest BCUT2D eigenvalue weighted by molar-refractivity contribution is 5.68. The van der Waals surface area contributed by atoms with Gasteiger partial charge in [-0.3, -0.25) is 5.21 Å². The Kier molecular flexibility index (Phi) is 3.32. The van der Waals surface area contributed by atoms with Crippen LogP contribution in [-0.2, 0) is 0 Å². The lowest BCUT2D eigenvalue weighted by Crippen LogP contribution is -2.50. The maximum Gasteiger partial charge on any atom is 0.127 e. The van der Waals surface area contributed by atoms with E-state index < -0.39 is 5.66 Å². The van der Waals surface area contributed by atoms with Gasteiger partial charge in [-0.25, -0.2) is 5.06 Å². The molecule has 4 nitrogen and oxygen atoms in total. The summed E-state index contributed by atoms with van der Waals surface area (Å²) in [6.07, 6.45) is 1.13. The van der Waals surface area contributed by atoms with Crippen molar-refractivity contribution < 1.29 is 5.21 Å². The molecule has 0 saturated heterocycles. The van der Waals surface area contributed by atoms with Crippen molar-refractivity contribution in [2.75, 3.05) is 0 Å². The molecule has 1 aliphatic heterocycles. The minimum atomic E-state index is -0.866. The van der Waals surface area contributed by atoms with Crippen molar-refractivity contribution in [2.45, 2.75) is 39.3 Å². The first-order chi connectivity index (χ1) is 8.58. The lowest BCUT2D eigenvalue weighted by Gasteiger charge is -2.47. The lowest BCUT2D eigenvalue weighted by molar-refractivity contribution is -0.152. The third kappa shape index (κ3) is 1.61. The molecule has 0 spiro atoms. The number of benzene rings is 1. The molecule has 1 aromatic rings. The fourth-order valence-corrected chi connectivity index (χ4v) is 2.62. The summed E-state index contributed by atoms with van der Waals surface area (Å²) in [4.78, 5) is 0. The van der Waals surface area contributed by atoms with E-state index in [4.69, 9.17) is 0 Å². The van der Waals surface area contributed by atoms with Crippen LogP contribution in [-0.4, -0.2) is 21.0 Å². The Morgan fingerprint density at radius 1 is 1.17 bits per heavy atom. The number of hydrogen-bond acceptors (Lipinski definition) is 4. The number of hydrogen-bond donors (Lipinski definition) is 1. The third-order valence-corrected chi connectivity index (χ3v) is 3.81. The fourth-order valence-electron chi connectivity index (χ4n) is 2.62. The summed E-state index contributed by atoms with van der Waals surface area (Å²) < 4.78 is 0. The second-order valence-corrected chi connectivity index (χ2v) is 4.60. The summed E-state index contributed by atoms with van der Waals surface area (Å²) in [5.74, 6) is 0. The highest BCUT2D eigenvalue weighted by atomic mass is 16.6. The molecule has 2 rings (SSSR count). The summed E-state index contributed by atoms with van der Waals surface area (Å²) in [5.41, 5.74) is 1.17. The zero-order chi connectivity index (χ0) is 13.3. The van der Waals surface area contributed by atoms with E-state index in [2.05, 4.69) is 0 Å². The van der Waals surface area contributed by atoms with Crippen LogP contribution in [0.4, 0.5) is 0 Å². The smallest absolute Gasteiger partial charge is 0.127 e. The molecular weight excluding hydrogens is 228 g/mol. The number of nitrogens with zero attached hydrogens (tertiary/aromatic N) is 2. The second kappa shape index (κ2) is 4.63. The maximum atomic E-state index is 12.3. The predicted octanol–water partition coefficient (Wildman–Crippen LogP) is 3.40. The first-order valence-electron chi connectivity index (χ1n) is 6.31. The van der Waals surface area contributed by atoms with Gasteiger partial charge in [-0.15, -0.1) is 0 Å². The molecule has 1 N–H and O–H groups in total. The topological polar surface area (TPSA) is 49.8 Å². The van der Waals surface area contributed by atoms with Crippen molar-refractivity contribution >= 4 is 5.70 Å². The van der Waals surface area contributed by atoms with E-state index in [0.717, 1.165) is 15.7 Å². The van der Waals surface area contributed by atoms with Gasteiger partial charge in [0.1, 0.15) is 5.66 Å². The summed E-state index contributed by atoms with van der Waals surface area (Å²) in [6, 6.07) is 9.51. The van der Waals surface area contributed by atoms with Crippen molar-refractivity contribution in [1.29, 1.82) is 0 Å². The van der Waals surface area contributed by atoms with Gasteiger partial charge in [0, 0.05) is 11.3 Å². The van der Waals surface area contributed by atoms with Crippen molar-refractivity contribution in [3.8, 4) is 0 Å². The quantitative estimate of drug-likeness (QED) is 0.889. The highest BCUT2D eigenvalue weighted by Crippen LogP contribution is 2.43. The number of allylic oxidation sites excluding steroid dienone is 1. The molecule has 1 heterocycles. The van der Waals surface area contributed by atoms with Gasteiger partial charge < -0.3 is 10.3 Å². The molecule has 0 atom stereocenters. The molecule has 0 aromatic heterocycles. The van der Waals surface area contributed by atoms with E-state index in [1.54, 1.807) is 6.92 Å². The first kappa shape index (κ1) is 12.9. The zero-order valence-electron chi connectivity index (χ0n) is 11.1. The Morgan fingerprint density at radius 3 is 2.17 bits per heavy atom. The lowest BCUT2D eigenvalue weighted by atomic mass is 10.0. The van der Waals surface area contributed by atoms with Crippen LogP contribution < -0.4 is 0 Å². The number of rotatable bonds is 3. The average Bonchev–Trinajstić information content (AvgIpc) is 2.59. The Morgan fingerprint density at radius 2 is 1.72 bits per heavy atom. The molecule has 0 radical (unpaired) electrons. The van der Waals surface area contributed by atoms with Crippen LogP contribution in [0.25, 0.3) is 5.70 Å². The van der Waals surface area contributed by atoms with Crippen LogP contribution in [0.1, 0.15) is 39.2 Å².